The van der Waals surface area contributed by atoms with Crippen LogP contribution in [0, 0.1) is 11.3 Å². The van der Waals surface area contributed by atoms with E-state index in [0.29, 0.717) is 16.3 Å². The van der Waals surface area contributed by atoms with Crippen molar-refractivity contribution in [1.82, 2.24) is 0 Å². The van der Waals surface area contributed by atoms with E-state index in [9.17, 15) is 10.1 Å². The third-order valence-electron chi connectivity index (χ3n) is 4.55. The van der Waals surface area contributed by atoms with Crippen molar-refractivity contribution in [1.29, 1.82) is 5.26 Å². The summed E-state index contributed by atoms with van der Waals surface area (Å²) in [6, 6.07) is 19.3. The maximum Gasteiger partial charge on any atom is 0.221 e. The number of thiophene rings is 1. The number of amides is 1. The normalized spacial score (nSPS) is 10.7. The SMILES string of the molecule is CCN(CC)c1ccc(-c2sc(N=Nc3ccccc3)cc2C#N)c(NC(C)=O)c1. The van der Waals surface area contributed by atoms with Gasteiger partial charge in [-0.2, -0.15) is 5.26 Å². The number of carbonyl (C=O) groups excluding carboxylic acids is 1. The summed E-state index contributed by atoms with van der Waals surface area (Å²) in [6.45, 7) is 7.38. The monoisotopic (exact) mass is 417 g/mol. The second-order valence-corrected chi connectivity index (χ2v) is 7.59. The fraction of sp³-hybridized carbons (Fsp3) is 0.217. The smallest absolute Gasteiger partial charge is 0.221 e. The van der Waals surface area contributed by atoms with Crippen molar-refractivity contribution in [3.05, 3.63) is 60.2 Å². The molecule has 3 rings (SSSR count). The van der Waals surface area contributed by atoms with Gasteiger partial charge in [0.15, 0.2) is 0 Å². The lowest BCUT2D eigenvalue weighted by atomic mass is 10.1. The summed E-state index contributed by atoms with van der Waals surface area (Å²) in [5.74, 6) is -0.160. The lowest BCUT2D eigenvalue weighted by molar-refractivity contribution is -0.114. The first-order valence-electron chi connectivity index (χ1n) is 9.73. The van der Waals surface area contributed by atoms with Crippen LogP contribution in [0.25, 0.3) is 10.4 Å². The molecule has 2 aromatic carbocycles. The molecule has 0 unspecified atom stereocenters. The van der Waals surface area contributed by atoms with Gasteiger partial charge in [-0.05, 0) is 50.2 Å². The Kier molecular flexibility index (Phi) is 6.94. The molecule has 3 aromatic rings. The molecule has 1 N–H and O–H groups in total. The number of rotatable bonds is 7. The summed E-state index contributed by atoms with van der Waals surface area (Å²) in [5, 5.41) is 21.7. The largest absolute Gasteiger partial charge is 0.372 e. The van der Waals surface area contributed by atoms with E-state index in [-0.39, 0.29) is 5.91 Å². The Labute approximate surface area is 180 Å². The highest BCUT2D eigenvalue weighted by molar-refractivity contribution is 7.19. The maximum absolute atomic E-state index is 11.8. The van der Waals surface area contributed by atoms with Crippen molar-refractivity contribution >= 4 is 39.3 Å². The summed E-state index contributed by atoms with van der Waals surface area (Å²) in [5.41, 5.74) is 3.74. The Morgan fingerprint density at radius 2 is 1.83 bits per heavy atom. The average Bonchev–Trinajstić information content (AvgIpc) is 3.17. The standard InChI is InChI=1S/C23H23N5OS/c1-4-28(5-2)19-11-12-20(21(14-19)25-16(3)29)23-17(15-24)13-22(30-23)27-26-18-9-7-6-8-10-18/h6-14H,4-5H2,1-3H3,(H,25,29). The Balaban J connectivity index is 2.03. The van der Waals surface area contributed by atoms with Gasteiger partial charge in [-0.15, -0.1) is 21.6 Å². The van der Waals surface area contributed by atoms with Crippen LogP contribution in [0.4, 0.5) is 22.1 Å². The molecule has 30 heavy (non-hydrogen) atoms. The summed E-state index contributed by atoms with van der Waals surface area (Å²) in [6.07, 6.45) is 0. The third kappa shape index (κ3) is 4.91. The molecule has 7 heteroatoms. The molecule has 1 aromatic heterocycles. The number of benzene rings is 2. The van der Waals surface area contributed by atoms with Crippen LogP contribution in [0.1, 0.15) is 26.3 Å². The van der Waals surface area contributed by atoms with Crippen molar-refractivity contribution in [3.63, 3.8) is 0 Å². The first-order valence-corrected chi connectivity index (χ1v) is 10.5. The lowest BCUT2D eigenvalue weighted by Gasteiger charge is -2.22. The van der Waals surface area contributed by atoms with Crippen LogP contribution in [0.15, 0.2) is 64.8 Å². The van der Waals surface area contributed by atoms with Gasteiger partial charge in [0.25, 0.3) is 0 Å². The van der Waals surface area contributed by atoms with Gasteiger partial charge in [-0.25, -0.2) is 0 Å². The minimum absolute atomic E-state index is 0.160. The van der Waals surface area contributed by atoms with Crippen LogP contribution in [-0.4, -0.2) is 19.0 Å². The Hall–Kier alpha value is -3.50. The minimum atomic E-state index is -0.160. The molecule has 0 fully saturated rings. The zero-order valence-corrected chi connectivity index (χ0v) is 18.0. The van der Waals surface area contributed by atoms with Crippen molar-refractivity contribution in [2.24, 2.45) is 10.2 Å². The molecule has 1 amide bonds. The van der Waals surface area contributed by atoms with Crippen molar-refractivity contribution < 1.29 is 4.79 Å². The van der Waals surface area contributed by atoms with E-state index >= 15 is 0 Å². The van der Waals surface area contributed by atoms with Gasteiger partial charge in [0, 0.05) is 31.3 Å². The van der Waals surface area contributed by atoms with E-state index in [4.69, 9.17) is 0 Å². The van der Waals surface area contributed by atoms with E-state index < -0.39 is 0 Å². The quantitative estimate of drug-likeness (QED) is 0.445. The van der Waals surface area contributed by atoms with Crippen LogP contribution in [0.2, 0.25) is 0 Å². The highest BCUT2D eigenvalue weighted by Crippen LogP contribution is 2.42. The molecule has 1 heterocycles. The van der Waals surface area contributed by atoms with Crippen LogP contribution in [0.3, 0.4) is 0 Å². The Bertz CT molecular complexity index is 1090. The van der Waals surface area contributed by atoms with Crippen LogP contribution in [-0.2, 0) is 4.79 Å². The van der Waals surface area contributed by atoms with E-state index in [1.54, 1.807) is 6.07 Å². The predicted octanol–water partition coefficient (Wildman–Crippen LogP) is 6.51. The lowest BCUT2D eigenvalue weighted by Crippen LogP contribution is -2.22. The highest BCUT2D eigenvalue weighted by atomic mass is 32.1. The van der Waals surface area contributed by atoms with E-state index in [1.165, 1.54) is 18.3 Å². The first kappa shape index (κ1) is 21.2. The fourth-order valence-corrected chi connectivity index (χ4v) is 4.09. The van der Waals surface area contributed by atoms with Gasteiger partial charge in [-0.1, -0.05) is 18.2 Å². The number of nitrogens with one attached hydrogen (secondary N) is 1. The molecule has 0 aliphatic heterocycles. The molecule has 0 saturated heterocycles. The highest BCUT2D eigenvalue weighted by Gasteiger charge is 2.17. The number of nitriles is 1. The fourth-order valence-electron chi connectivity index (χ4n) is 3.12. The number of hydrogen-bond acceptors (Lipinski definition) is 6. The topological polar surface area (TPSA) is 80.8 Å². The molecule has 6 nitrogen and oxygen atoms in total. The average molecular weight is 418 g/mol. The number of nitrogens with zero attached hydrogens (tertiary/aromatic N) is 4. The van der Waals surface area contributed by atoms with Crippen LogP contribution >= 0.6 is 11.3 Å². The first-order chi connectivity index (χ1) is 14.5. The minimum Gasteiger partial charge on any atom is -0.372 e. The van der Waals surface area contributed by atoms with Crippen LogP contribution < -0.4 is 10.2 Å². The zero-order chi connectivity index (χ0) is 21.5. The van der Waals surface area contributed by atoms with E-state index in [1.807, 2.05) is 48.5 Å². The maximum atomic E-state index is 11.8. The van der Waals surface area contributed by atoms with Gasteiger partial charge in [0.2, 0.25) is 5.91 Å². The summed E-state index contributed by atoms with van der Waals surface area (Å²) in [4.78, 5) is 14.8. The number of azo groups is 1. The molecule has 0 aliphatic carbocycles. The Morgan fingerprint density at radius 3 is 2.47 bits per heavy atom. The summed E-state index contributed by atoms with van der Waals surface area (Å²) >= 11 is 1.38. The summed E-state index contributed by atoms with van der Waals surface area (Å²) < 4.78 is 0. The van der Waals surface area contributed by atoms with Gasteiger partial charge in [-0.3, -0.25) is 4.79 Å². The zero-order valence-electron chi connectivity index (χ0n) is 17.2. The number of hydrogen-bond donors (Lipinski definition) is 1. The number of carbonyl (C=O) groups is 1. The van der Waals surface area contributed by atoms with E-state index in [0.717, 1.165) is 34.9 Å². The molecule has 0 bridgehead atoms. The molecule has 0 saturated carbocycles. The van der Waals surface area contributed by atoms with Crippen LogP contribution in [0.5, 0.6) is 0 Å². The molecular formula is C23H23N5OS. The van der Waals surface area contributed by atoms with Gasteiger partial charge in [0.05, 0.1) is 21.8 Å². The molecule has 152 valence electrons. The van der Waals surface area contributed by atoms with Crippen molar-refractivity contribution in [3.8, 4) is 16.5 Å². The molecule has 0 aliphatic rings. The second-order valence-electron chi connectivity index (χ2n) is 6.56. The summed E-state index contributed by atoms with van der Waals surface area (Å²) in [7, 11) is 0. The molecular weight excluding hydrogens is 394 g/mol. The Morgan fingerprint density at radius 1 is 1.10 bits per heavy atom. The second kappa shape index (κ2) is 9.81. The molecule has 0 spiro atoms. The van der Waals surface area contributed by atoms with Gasteiger partial charge < -0.3 is 10.2 Å². The van der Waals surface area contributed by atoms with E-state index in [2.05, 4.69) is 40.4 Å². The van der Waals surface area contributed by atoms with Crippen molar-refractivity contribution in [2.75, 3.05) is 23.3 Å². The van der Waals surface area contributed by atoms with Gasteiger partial charge >= 0.3 is 0 Å². The van der Waals surface area contributed by atoms with Gasteiger partial charge in [0.1, 0.15) is 11.1 Å². The predicted molar refractivity (Wildman–Crippen MR) is 123 cm³/mol. The third-order valence-corrected chi connectivity index (χ3v) is 5.60. The molecule has 0 radical (unpaired) electrons. The van der Waals surface area contributed by atoms with Crippen molar-refractivity contribution in [2.45, 2.75) is 20.8 Å². The number of anilines is 2. The molecule has 0 atom stereocenters.